The number of rotatable bonds is 6. The van der Waals surface area contributed by atoms with Crippen LogP contribution in [-0.4, -0.2) is 42.1 Å². The lowest BCUT2D eigenvalue weighted by atomic mass is 10.1. The highest BCUT2D eigenvalue weighted by Gasteiger charge is 2.15. The van der Waals surface area contributed by atoms with E-state index in [9.17, 15) is 4.79 Å². The zero-order valence-corrected chi connectivity index (χ0v) is 18.3. The van der Waals surface area contributed by atoms with Gasteiger partial charge in [-0.05, 0) is 23.8 Å². The van der Waals surface area contributed by atoms with Crippen LogP contribution in [0, 0.1) is 0 Å². The summed E-state index contributed by atoms with van der Waals surface area (Å²) in [7, 11) is 0. The number of nitrogens with zero attached hydrogens (tertiary/aromatic N) is 2. The fourth-order valence-electron chi connectivity index (χ4n) is 3.28. The summed E-state index contributed by atoms with van der Waals surface area (Å²) in [5.74, 6) is -0.0504. The number of thiazole rings is 1. The summed E-state index contributed by atoms with van der Waals surface area (Å²) >= 11 is 5.04. The summed E-state index contributed by atoms with van der Waals surface area (Å²) in [6.45, 7) is 4.17. The molecule has 2 heterocycles. The number of amides is 1. The number of aromatic nitrogens is 1. The summed E-state index contributed by atoms with van der Waals surface area (Å²) in [6.07, 6.45) is 0.260. The number of benzene rings is 2. The maximum atomic E-state index is 12.6. The molecular formula is C22H22BrN3O2S. The molecule has 0 unspecified atom stereocenters. The molecule has 1 N–H and O–H groups in total. The van der Waals surface area contributed by atoms with Crippen molar-refractivity contribution in [3.05, 3.63) is 69.6 Å². The minimum Gasteiger partial charge on any atom is -0.379 e. The van der Waals surface area contributed by atoms with Gasteiger partial charge in [0, 0.05) is 40.7 Å². The van der Waals surface area contributed by atoms with E-state index in [1.54, 1.807) is 11.3 Å². The van der Waals surface area contributed by atoms with Crippen LogP contribution in [0.4, 0.5) is 5.69 Å². The monoisotopic (exact) mass is 471 g/mol. The summed E-state index contributed by atoms with van der Waals surface area (Å²) in [5, 5.41) is 5.94. The molecule has 0 aliphatic carbocycles. The average Bonchev–Trinajstić information content (AvgIpc) is 3.19. The van der Waals surface area contributed by atoms with Gasteiger partial charge in [0.25, 0.3) is 0 Å². The van der Waals surface area contributed by atoms with Gasteiger partial charge in [-0.1, -0.05) is 46.3 Å². The van der Waals surface area contributed by atoms with Crippen LogP contribution in [0.25, 0.3) is 10.6 Å². The van der Waals surface area contributed by atoms with Gasteiger partial charge < -0.3 is 10.1 Å². The molecule has 1 amide bonds. The minimum atomic E-state index is -0.0504. The number of halogens is 1. The molecule has 0 bridgehead atoms. The third-order valence-corrected chi connectivity index (χ3v) is 6.19. The van der Waals surface area contributed by atoms with Crippen LogP contribution in [0.1, 0.15) is 11.3 Å². The number of carbonyl (C=O) groups is 1. The van der Waals surface area contributed by atoms with Crippen molar-refractivity contribution in [1.82, 2.24) is 9.88 Å². The average molecular weight is 472 g/mol. The Balaban J connectivity index is 1.40. The van der Waals surface area contributed by atoms with Crippen LogP contribution in [0.5, 0.6) is 0 Å². The topological polar surface area (TPSA) is 54.5 Å². The number of nitrogens with one attached hydrogen (secondary N) is 1. The van der Waals surface area contributed by atoms with Crippen molar-refractivity contribution in [2.24, 2.45) is 0 Å². The van der Waals surface area contributed by atoms with Crippen molar-refractivity contribution in [3.8, 4) is 10.6 Å². The molecule has 0 radical (unpaired) electrons. The third kappa shape index (κ3) is 5.51. The highest BCUT2D eigenvalue weighted by Crippen LogP contribution is 2.26. The van der Waals surface area contributed by atoms with E-state index in [1.807, 2.05) is 47.8 Å². The van der Waals surface area contributed by atoms with E-state index in [0.717, 1.165) is 64.8 Å². The largest absolute Gasteiger partial charge is 0.379 e. The second-order valence-corrected chi connectivity index (χ2v) is 8.70. The molecule has 0 spiro atoms. The van der Waals surface area contributed by atoms with E-state index in [2.05, 4.69) is 37.2 Å². The van der Waals surface area contributed by atoms with Crippen LogP contribution < -0.4 is 5.32 Å². The van der Waals surface area contributed by atoms with Gasteiger partial charge in [0.15, 0.2) is 0 Å². The summed E-state index contributed by atoms with van der Waals surface area (Å²) in [4.78, 5) is 19.6. The molecule has 5 nitrogen and oxygen atoms in total. The Labute approximate surface area is 182 Å². The first-order valence-corrected chi connectivity index (χ1v) is 11.2. The minimum absolute atomic E-state index is 0.0504. The van der Waals surface area contributed by atoms with Crippen LogP contribution >= 0.6 is 27.3 Å². The second-order valence-electron chi connectivity index (χ2n) is 6.92. The molecule has 0 saturated carbocycles. The molecule has 1 aromatic heterocycles. The zero-order valence-electron chi connectivity index (χ0n) is 15.9. The van der Waals surface area contributed by atoms with Crippen molar-refractivity contribution in [1.29, 1.82) is 0 Å². The first kappa shape index (κ1) is 20.2. The quantitative estimate of drug-likeness (QED) is 0.571. The molecule has 2 aromatic carbocycles. The molecule has 4 rings (SSSR count). The number of para-hydroxylation sites is 1. The number of hydrogen-bond donors (Lipinski definition) is 1. The van der Waals surface area contributed by atoms with E-state index >= 15 is 0 Å². The van der Waals surface area contributed by atoms with Gasteiger partial charge in [0.2, 0.25) is 5.91 Å². The predicted octanol–water partition coefficient (Wildman–Crippen LogP) is 4.59. The molecule has 3 aromatic rings. The van der Waals surface area contributed by atoms with E-state index in [1.165, 1.54) is 0 Å². The van der Waals surface area contributed by atoms with Crippen LogP contribution in [-0.2, 0) is 22.5 Å². The molecule has 1 aliphatic rings. The van der Waals surface area contributed by atoms with Gasteiger partial charge in [-0.3, -0.25) is 9.69 Å². The van der Waals surface area contributed by atoms with Gasteiger partial charge in [-0.2, -0.15) is 0 Å². The molecule has 1 fully saturated rings. The molecule has 1 aliphatic heterocycles. The SMILES string of the molecule is O=C(Cc1csc(-c2cccc(Br)c2)n1)Nc1ccccc1CN1CCOCC1. The third-order valence-electron chi connectivity index (χ3n) is 4.75. The number of carbonyl (C=O) groups excluding carboxylic acids is 1. The fraction of sp³-hybridized carbons (Fsp3) is 0.273. The van der Waals surface area contributed by atoms with Crippen molar-refractivity contribution >= 4 is 38.9 Å². The fourth-order valence-corrected chi connectivity index (χ4v) is 4.50. The highest BCUT2D eigenvalue weighted by molar-refractivity contribution is 9.10. The first-order chi connectivity index (χ1) is 14.2. The molecule has 1 saturated heterocycles. The van der Waals surface area contributed by atoms with Crippen LogP contribution in [0.2, 0.25) is 0 Å². The van der Waals surface area contributed by atoms with Gasteiger partial charge in [0.1, 0.15) is 5.01 Å². The van der Waals surface area contributed by atoms with Gasteiger partial charge in [0.05, 0.1) is 25.3 Å². The first-order valence-electron chi connectivity index (χ1n) is 9.55. The lowest BCUT2D eigenvalue weighted by Gasteiger charge is -2.27. The number of morpholine rings is 1. The maximum Gasteiger partial charge on any atom is 0.230 e. The van der Waals surface area contributed by atoms with Gasteiger partial charge >= 0.3 is 0 Å². The van der Waals surface area contributed by atoms with Crippen LogP contribution in [0.3, 0.4) is 0 Å². The van der Waals surface area contributed by atoms with Crippen molar-refractivity contribution in [2.75, 3.05) is 31.6 Å². The summed E-state index contributed by atoms with van der Waals surface area (Å²) in [6, 6.07) is 16.0. The molecule has 0 atom stereocenters. The lowest BCUT2D eigenvalue weighted by Crippen LogP contribution is -2.35. The number of hydrogen-bond acceptors (Lipinski definition) is 5. The smallest absolute Gasteiger partial charge is 0.230 e. The Bertz CT molecular complexity index is 985. The Morgan fingerprint density at radius 3 is 2.83 bits per heavy atom. The van der Waals surface area contributed by atoms with E-state index in [4.69, 9.17) is 4.74 Å². The number of anilines is 1. The van der Waals surface area contributed by atoms with Crippen molar-refractivity contribution < 1.29 is 9.53 Å². The standard InChI is InChI=1S/C22H22BrN3O2S/c23-18-6-3-5-16(12-18)22-24-19(15-29-22)13-21(27)25-20-7-2-1-4-17(20)14-26-8-10-28-11-9-26/h1-7,12,15H,8-11,13-14H2,(H,25,27). The van der Waals surface area contributed by atoms with Gasteiger partial charge in [-0.15, -0.1) is 11.3 Å². The Morgan fingerprint density at radius 1 is 1.17 bits per heavy atom. The van der Waals surface area contributed by atoms with E-state index in [0.29, 0.717) is 0 Å². The molecular weight excluding hydrogens is 450 g/mol. The van der Waals surface area contributed by atoms with Gasteiger partial charge in [-0.25, -0.2) is 4.98 Å². The molecule has 29 heavy (non-hydrogen) atoms. The normalized spacial score (nSPS) is 14.7. The van der Waals surface area contributed by atoms with Crippen LogP contribution in [0.15, 0.2) is 58.4 Å². The zero-order chi connectivity index (χ0) is 20.1. The Morgan fingerprint density at radius 2 is 2.00 bits per heavy atom. The maximum absolute atomic E-state index is 12.6. The van der Waals surface area contributed by atoms with E-state index < -0.39 is 0 Å². The molecule has 7 heteroatoms. The predicted molar refractivity (Wildman–Crippen MR) is 120 cm³/mol. The van der Waals surface area contributed by atoms with Crippen molar-refractivity contribution in [3.63, 3.8) is 0 Å². The lowest BCUT2D eigenvalue weighted by molar-refractivity contribution is -0.115. The summed E-state index contributed by atoms with van der Waals surface area (Å²) < 4.78 is 6.43. The second kappa shape index (κ2) is 9.63. The number of ether oxygens (including phenoxy) is 1. The Kier molecular flexibility index (Phi) is 6.71. The molecule has 150 valence electrons. The highest BCUT2D eigenvalue weighted by atomic mass is 79.9. The summed E-state index contributed by atoms with van der Waals surface area (Å²) in [5.41, 5.74) is 3.82. The van der Waals surface area contributed by atoms with Crippen molar-refractivity contribution in [2.45, 2.75) is 13.0 Å². The Hall–Kier alpha value is -2.06. The van der Waals surface area contributed by atoms with E-state index in [-0.39, 0.29) is 12.3 Å².